The summed E-state index contributed by atoms with van der Waals surface area (Å²) in [5.41, 5.74) is -13.3. The van der Waals surface area contributed by atoms with E-state index in [0.29, 0.717) is 24.0 Å². The molecule has 1 spiro atoms. The molecule has 4 saturated carbocycles. The number of fused-ring (bicyclic) bond motifs is 4. The smallest absolute Gasteiger partial charge is 0.337 e. The molecule has 0 radical (unpaired) electrons. The van der Waals surface area contributed by atoms with E-state index < -0.39 is 98.3 Å². The maximum atomic E-state index is 13.7. The third kappa shape index (κ3) is 3.36. The fourth-order valence-electron chi connectivity index (χ4n) is 12.6. The molecular formula is C38H48O13. The van der Waals surface area contributed by atoms with Gasteiger partial charge in [-0.05, 0) is 58.1 Å². The number of methoxy groups -OCH3 is 1. The number of aliphatic hydroxyl groups is 3. The minimum atomic E-state index is -2.42. The van der Waals surface area contributed by atoms with Gasteiger partial charge in [0.25, 0.3) is 5.97 Å². The van der Waals surface area contributed by atoms with Crippen LogP contribution >= 0.6 is 0 Å². The second kappa shape index (κ2) is 9.91. The van der Waals surface area contributed by atoms with Crippen molar-refractivity contribution in [3.63, 3.8) is 0 Å². The zero-order valence-corrected chi connectivity index (χ0v) is 30.5. The molecule has 7 aliphatic rings. The van der Waals surface area contributed by atoms with Crippen molar-refractivity contribution in [3.05, 3.63) is 47.5 Å². The Morgan fingerprint density at radius 3 is 2.49 bits per heavy atom. The quantitative estimate of drug-likeness (QED) is 0.212. The SMILES string of the molecule is CC=C(C)C(=O)OC1C2(C)CC3(O)C1(O)C1OC4(C(C)CC)OC15C1=CC(=O)OC(c6ccoc6)C1(C)CCC5(O4)C3(C)C2C(C)(O)C(=O)OC. The van der Waals surface area contributed by atoms with Gasteiger partial charge in [0.15, 0.2) is 16.8 Å². The molecule has 278 valence electrons. The molecule has 2 saturated heterocycles. The molecule has 0 amide bonds. The first-order chi connectivity index (χ1) is 23.7. The summed E-state index contributed by atoms with van der Waals surface area (Å²) in [7, 11) is 1.16. The molecular weight excluding hydrogens is 664 g/mol. The summed E-state index contributed by atoms with van der Waals surface area (Å²) in [6, 6.07) is 1.72. The molecule has 14 unspecified atom stereocenters. The Morgan fingerprint density at radius 1 is 1.18 bits per heavy atom. The van der Waals surface area contributed by atoms with Crippen molar-refractivity contribution in [3.8, 4) is 0 Å². The highest BCUT2D eigenvalue weighted by Crippen LogP contribution is 2.88. The molecule has 1 aromatic heterocycles. The third-order valence-electron chi connectivity index (χ3n) is 14.8. The van der Waals surface area contributed by atoms with Crippen molar-refractivity contribution >= 4 is 17.9 Å². The van der Waals surface area contributed by atoms with Gasteiger partial charge in [0.1, 0.15) is 29.5 Å². The molecule has 4 aliphatic carbocycles. The van der Waals surface area contributed by atoms with E-state index in [9.17, 15) is 29.7 Å². The molecule has 6 fully saturated rings. The van der Waals surface area contributed by atoms with Gasteiger partial charge in [-0.3, -0.25) is 0 Å². The molecule has 13 nitrogen and oxygen atoms in total. The van der Waals surface area contributed by atoms with Gasteiger partial charge < -0.3 is 48.2 Å². The van der Waals surface area contributed by atoms with E-state index in [1.54, 1.807) is 39.8 Å². The number of esters is 3. The average molecular weight is 713 g/mol. The van der Waals surface area contributed by atoms with E-state index in [4.69, 9.17) is 32.8 Å². The molecule has 1 aromatic rings. The second-order valence-corrected chi connectivity index (χ2v) is 16.9. The Labute approximate surface area is 296 Å². The van der Waals surface area contributed by atoms with Crippen molar-refractivity contribution in [1.29, 1.82) is 0 Å². The number of carbonyl (C=O) groups is 3. The highest BCUT2D eigenvalue weighted by molar-refractivity contribution is 5.88. The molecule has 51 heavy (non-hydrogen) atoms. The average Bonchev–Trinajstić information content (AvgIpc) is 3.87. The van der Waals surface area contributed by atoms with Gasteiger partial charge in [-0.25, -0.2) is 14.4 Å². The lowest BCUT2D eigenvalue weighted by Gasteiger charge is -2.76. The van der Waals surface area contributed by atoms with Crippen LogP contribution in [0.4, 0.5) is 0 Å². The number of allylic oxidation sites excluding steroid dienone is 1. The topological polar surface area (TPSA) is 180 Å². The van der Waals surface area contributed by atoms with Crippen molar-refractivity contribution in [2.75, 3.05) is 7.11 Å². The van der Waals surface area contributed by atoms with E-state index in [1.165, 1.54) is 25.5 Å². The van der Waals surface area contributed by atoms with Gasteiger partial charge >= 0.3 is 17.9 Å². The maximum absolute atomic E-state index is 13.7. The molecule has 4 heterocycles. The summed E-state index contributed by atoms with van der Waals surface area (Å²) in [6.45, 7) is 13.7. The van der Waals surface area contributed by atoms with Crippen molar-refractivity contribution < 1.29 is 62.5 Å². The van der Waals surface area contributed by atoms with E-state index >= 15 is 0 Å². The summed E-state index contributed by atoms with van der Waals surface area (Å²) >= 11 is 0. The lowest BCUT2D eigenvalue weighted by molar-refractivity contribution is -0.459. The van der Waals surface area contributed by atoms with Crippen LogP contribution in [-0.4, -0.2) is 86.5 Å². The van der Waals surface area contributed by atoms with Crippen LogP contribution in [-0.2, 0) is 42.8 Å². The largest absolute Gasteiger partial charge is 0.472 e. The van der Waals surface area contributed by atoms with E-state index in [2.05, 4.69) is 0 Å². The van der Waals surface area contributed by atoms with Crippen molar-refractivity contribution in [1.82, 2.24) is 0 Å². The second-order valence-electron chi connectivity index (χ2n) is 16.9. The lowest BCUT2D eigenvalue weighted by atomic mass is 9.34. The summed E-state index contributed by atoms with van der Waals surface area (Å²) in [6.07, 6.45) is 2.91. The standard InChI is InChI=1S/C38H48O13/c1-10-19(3)25(40)48-27-31(6)18-34(43)33(8,26(31)32(7,42)29(41)45-9)35-14-13-30(5)22(16-23(39)47-24(30)21-12-15-46-17-21)37(35)28(36(27,34)44)49-38(50-35,51-37)20(4)11-2/h10,12,15-17,20,24,26-28,42-44H,11,13-14,18H2,1-9H3. The highest BCUT2D eigenvalue weighted by Gasteiger charge is 3.03. The number of furan rings is 1. The minimum Gasteiger partial charge on any atom is -0.472 e. The van der Waals surface area contributed by atoms with Gasteiger partial charge in [-0.2, -0.15) is 0 Å². The Balaban J connectivity index is 1.48. The molecule has 3 aliphatic heterocycles. The van der Waals surface area contributed by atoms with Crippen LogP contribution in [0.15, 0.2) is 46.3 Å². The molecule has 3 N–H and O–H groups in total. The van der Waals surface area contributed by atoms with Crippen molar-refractivity contribution in [2.45, 2.75) is 133 Å². The van der Waals surface area contributed by atoms with E-state index in [-0.39, 0.29) is 18.4 Å². The first kappa shape index (κ1) is 35.0. The Hall–Kier alpha value is -3.07. The highest BCUT2D eigenvalue weighted by atomic mass is 17.0. The number of rotatable bonds is 7. The Bertz CT molecular complexity index is 1800. The molecule has 8 rings (SSSR count). The van der Waals surface area contributed by atoms with Crippen LogP contribution in [0.5, 0.6) is 0 Å². The van der Waals surface area contributed by atoms with Crippen LogP contribution in [0.2, 0.25) is 0 Å². The van der Waals surface area contributed by atoms with Crippen molar-refractivity contribution in [2.24, 2.45) is 28.1 Å². The summed E-state index contributed by atoms with van der Waals surface area (Å²) < 4.78 is 44.3. The molecule has 0 aromatic carbocycles. The van der Waals surface area contributed by atoms with Gasteiger partial charge in [0.05, 0.1) is 19.6 Å². The monoisotopic (exact) mass is 712 g/mol. The van der Waals surface area contributed by atoms with E-state index in [1.807, 2.05) is 20.8 Å². The first-order valence-corrected chi connectivity index (χ1v) is 17.9. The summed E-state index contributed by atoms with van der Waals surface area (Å²) in [5, 5.41) is 39.7. The number of cyclic esters (lactones) is 1. The third-order valence-corrected chi connectivity index (χ3v) is 14.8. The zero-order chi connectivity index (χ0) is 37.2. The summed E-state index contributed by atoms with van der Waals surface area (Å²) in [5.74, 6) is -5.93. The fourth-order valence-corrected chi connectivity index (χ4v) is 12.6. The zero-order valence-electron chi connectivity index (χ0n) is 30.5. The van der Waals surface area contributed by atoms with Crippen LogP contribution in [0.25, 0.3) is 0 Å². The van der Waals surface area contributed by atoms with Gasteiger partial charge in [0.2, 0.25) is 0 Å². The number of hydrogen-bond acceptors (Lipinski definition) is 13. The number of hydrogen-bond donors (Lipinski definition) is 3. The van der Waals surface area contributed by atoms with Gasteiger partial charge in [-0.15, -0.1) is 0 Å². The van der Waals surface area contributed by atoms with Crippen LogP contribution in [0.3, 0.4) is 0 Å². The molecule has 13 heteroatoms. The minimum absolute atomic E-state index is 0.172. The summed E-state index contributed by atoms with van der Waals surface area (Å²) in [4.78, 5) is 41.2. The predicted molar refractivity (Wildman–Crippen MR) is 174 cm³/mol. The van der Waals surface area contributed by atoms with Crippen LogP contribution in [0, 0.1) is 28.1 Å². The maximum Gasteiger partial charge on any atom is 0.337 e. The van der Waals surface area contributed by atoms with Gasteiger partial charge in [-0.1, -0.05) is 40.7 Å². The number of ether oxygens (including phenoxy) is 6. The first-order valence-electron chi connectivity index (χ1n) is 17.9. The molecule has 4 bridgehead atoms. The predicted octanol–water partition coefficient (Wildman–Crippen LogP) is 3.55. The number of carbonyl (C=O) groups excluding carboxylic acids is 3. The van der Waals surface area contributed by atoms with E-state index in [0.717, 1.165) is 7.11 Å². The Kier molecular flexibility index (Phi) is 6.80. The lowest BCUT2D eigenvalue weighted by Crippen LogP contribution is -2.93. The Morgan fingerprint density at radius 2 is 1.88 bits per heavy atom. The van der Waals surface area contributed by atoms with Crippen LogP contribution in [0.1, 0.15) is 92.7 Å². The fraction of sp³-hybridized carbons (Fsp3) is 0.711. The normalized spacial score (nSPS) is 50.5. The molecule has 14 atom stereocenters. The van der Waals surface area contributed by atoms with Gasteiger partial charge in [0, 0.05) is 45.3 Å². The van der Waals surface area contributed by atoms with Crippen LogP contribution < -0.4 is 0 Å².